The van der Waals surface area contributed by atoms with Gasteiger partial charge in [0.2, 0.25) is 0 Å². The van der Waals surface area contributed by atoms with Crippen LogP contribution in [0.4, 0.5) is 0 Å². The number of ether oxygens (including phenoxy) is 2. The predicted octanol–water partition coefficient (Wildman–Crippen LogP) is 1.84. The SMILES string of the molecule is COc1cccc(CN2CCCC(CO)C2)c1OCCN(C)C. The van der Waals surface area contributed by atoms with Crippen molar-refractivity contribution in [1.29, 1.82) is 0 Å². The van der Waals surface area contributed by atoms with Crippen LogP contribution in [0.5, 0.6) is 11.5 Å². The Labute approximate surface area is 139 Å². The molecule has 1 aliphatic heterocycles. The van der Waals surface area contributed by atoms with Gasteiger partial charge in [-0.05, 0) is 45.5 Å². The Morgan fingerprint density at radius 3 is 2.87 bits per heavy atom. The summed E-state index contributed by atoms with van der Waals surface area (Å²) in [7, 11) is 5.76. The topological polar surface area (TPSA) is 45.2 Å². The summed E-state index contributed by atoms with van der Waals surface area (Å²) >= 11 is 0. The van der Waals surface area contributed by atoms with Crippen molar-refractivity contribution in [3.05, 3.63) is 23.8 Å². The van der Waals surface area contributed by atoms with Crippen LogP contribution >= 0.6 is 0 Å². The normalized spacial score (nSPS) is 19.1. The Hall–Kier alpha value is -1.30. The molecule has 1 aliphatic rings. The summed E-state index contributed by atoms with van der Waals surface area (Å²) in [6.07, 6.45) is 2.27. The molecule has 2 rings (SSSR count). The molecule has 1 unspecified atom stereocenters. The van der Waals surface area contributed by atoms with E-state index in [1.165, 1.54) is 0 Å². The first-order valence-electron chi connectivity index (χ1n) is 8.40. The van der Waals surface area contributed by atoms with Gasteiger partial charge in [0, 0.05) is 31.8 Å². The van der Waals surface area contributed by atoms with Crippen molar-refractivity contribution in [2.24, 2.45) is 5.92 Å². The van der Waals surface area contributed by atoms with Crippen molar-refractivity contribution >= 4 is 0 Å². The van der Waals surface area contributed by atoms with Crippen molar-refractivity contribution in [2.75, 3.05) is 54.1 Å². The number of hydrogen-bond acceptors (Lipinski definition) is 5. The van der Waals surface area contributed by atoms with Crippen LogP contribution < -0.4 is 9.47 Å². The molecule has 5 nitrogen and oxygen atoms in total. The van der Waals surface area contributed by atoms with Crippen LogP contribution in [0.2, 0.25) is 0 Å². The monoisotopic (exact) mass is 322 g/mol. The van der Waals surface area contributed by atoms with E-state index in [4.69, 9.17) is 9.47 Å². The number of piperidine rings is 1. The molecule has 1 heterocycles. The van der Waals surface area contributed by atoms with Crippen LogP contribution in [0.3, 0.4) is 0 Å². The summed E-state index contributed by atoms with van der Waals surface area (Å²) < 4.78 is 11.5. The van der Waals surface area contributed by atoms with E-state index >= 15 is 0 Å². The van der Waals surface area contributed by atoms with Gasteiger partial charge >= 0.3 is 0 Å². The molecular formula is C18H30N2O3. The van der Waals surface area contributed by atoms with Gasteiger partial charge in [-0.25, -0.2) is 0 Å². The van der Waals surface area contributed by atoms with Crippen LogP contribution in [-0.4, -0.2) is 69.0 Å². The lowest BCUT2D eigenvalue weighted by molar-refractivity contribution is 0.114. The van der Waals surface area contributed by atoms with Crippen molar-refractivity contribution in [3.63, 3.8) is 0 Å². The number of rotatable bonds is 8. The largest absolute Gasteiger partial charge is 0.493 e. The fraction of sp³-hybridized carbons (Fsp3) is 0.667. The molecule has 1 aromatic rings. The minimum absolute atomic E-state index is 0.279. The minimum Gasteiger partial charge on any atom is -0.493 e. The van der Waals surface area contributed by atoms with Gasteiger partial charge in [-0.2, -0.15) is 0 Å². The highest BCUT2D eigenvalue weighted by atomic mass is 16.5. The minimum atomic E-state index is 0.279. The fourth-order valence-corrected chi connectivity index (χ4v) is 3.03. The van der Waals surface area contributed by atoms with E-state index in [1.54, 1.807) is 7.11 Å². The van der Waals surface area contributed by atoms with E-state index in [2.05, 4.69) is 15.9 Å². The molecule has 1 atom stereocenters. The predicted molar refractivity (Wildman–Crippen MR) is 92.1 cm³/mol. The number of hydrogen-bond donors (Lipinski definition) is 1. The Bertz CT molecular complexity index is 479. The van der Waals surface area contributed by atoms with Gasteiger partial charge in [0.05, 0.1) is 7.11 Å². The van der Waals surface area contributed by atoms with Gasteiger partial charge in [-0.3, -0.25) is 4.90 Å². The smallest absolute Gasteiger partial charge is 0.165 e. The molecule has 130 valence electrons. The molecular weight excluding hydrogens is 292 g/mol. The van der Waals surface area contributed by atoms with Gasteiger partial charge in [-0.15, -0.1) is 0 Å². The molecule has 1 N–H and O–H groups in total. The highest BCUT2D eigenvalue weighted by Gasteiger charge is 2.21. The number of likely N-dealkylation sites (tertiary alicyclic amines) is 1. The summed E-state index contributed by atoms with van der Waals surface area (Å²) in [5.74, 6) is 2.03. The maximum absolute atomic E-state index is 9.40. The molecule has 0 aromatic heterocycles. The zero-order chi connectivity index (χ0) is 16.7. The molecule has 5 heteroatoms. The number of para-hydroxylation sites is 1. The first-order chi connectivity index (χ1) is 11.1. The van der Waals surface area contributed by atoms with Crippen LogP contribution in [0, 0.1) is 5.92 Å². The Kier molecular flexibility index (Phi) is 7.15. The van der Waals surface area contributed by atoms with E-state index in [0.29, 0.717) is 12.5 Å². The van der Waals surface area contributed by atoms with Crippen LogP contribution in [-0.2, 0) is 6.54 Å². The van der Waals surface area contributed by atoms with Crippen LogP contribution in [0.1, 0.15) is 18.4 Å². The summed E-state index contributed by atoms with van der Waals surface area (Å²) in [6.45, 7) is 4.65. The second-order valence-electron chi connectivity index (χ2n) is 6.53. The molecule has 1 saturated heterocycles. The molecule has 0 bridgehead atoms. The van der Waals surface area contributed by atoms with Gasteiger partial charge in [0.1, 0.15) is 6.61 Å². The van der Waals surface area contributed by atoms with Crippen LogP contribution in [0.15, 0.2) is 18.2 Å². The summed E-state index contributed by atoms with van der Waals surface area (Å²) in [4.78, 5) is 4.50. The molecule has 0 aliphatic carbocycles. The van der Waals surface area contributed by atoms with E-state index in [0.717, 1.165) is 56.1 Å². The maximum Gasteiger partial charge on any atom is 0.165 e. The average molecular weight is 322 g/mol. The first-order valence-corrected chi connectivity index (χ1v) is 8.40. The zero-order valence-corrected chi connectivity index (χ0v) is 14.6. The number of aliphatic hydroxyl groups is 1. The van der Waals surface area contributed by atoms with Crippen LogP contribution in [0.25, 0.3) is 0 Å². The molecule has 0 radical (unpaired) electrons. The third-order valence-electron chi connectivity index (χ3n) is 4.32. The van der Waals surface area contributed by atoms with E-state index in [1.807, 2.05) is 26.2 Å². The fourth-order valence-electron chi connectivity index (χ4n) is 3.03. The number of benzene rings is 1. The number of methoxy groups -OCH3 is 1. The van der Waals surface area contributed by atoms with Crippen molar-refractivity contribution in [2.45, 2.75) is 19.4 Å². The Morgan fingerprint density at radius 2 is 2.17 bits per heavy atom. The van der Waals surface area contributed by atoms with Crippen molar-refractivity contribution in [1.82, 2.24) is 9.80 Å². The van der Waals surface area contributed by atoms with Gasteiger partial charge < -0.3 is 19.5 Å². The first kappa shape index (κ1) is 18.0. The standard InChI is InChI=1S/C18H30N2O3/c1-19(2)10-11-23-18-16(7-4-8-17(18)22-3)13-20-9-5-6-15(12-20)14-21/h4,7-8,15,21H,5-6,9-14H2,1-3H3. The number of nitrogens with zero attached hydrogens (tertiary/aromatic N) is 2. The lowest BCUT2D eigenvalue weighted by Gasteiger charge is -2.32. The molecule has 0 saturated carbocycles. The second-order valence-corrected chi connectivity index (χ2v) is 6.53. The molecule has 0 amide bonds. The van der Waals surface area contributed by atoms with E-state index < -0.39 is 0 Å². The van der Waals surface area contributed by atoms with Gasteiger partial charge in [-0.1, -0.05) is 12.1 Å². The van der Waals surface area contributed by atoms with E-state index in [9.17, 15) is 5.11 Å². The zero-order valence-electron chi connectivity index (χ0n) is 14.6. The molecule has 0 spiro atoms. The lowest BCUT2D eigenvalue weighted by atomic mass is 9.98. The molecule has 23 heavy (non-hydrogen) atoms. The highest BCUT2D eigenvalue weighted by Crippen LogP contribution is 2.32. The summed E-state index contributed by atoms with van der Waals surface area (Å²) in [5.41, 5.74) is 1.15. The van der Waals surface area contributed by atoms with Gasteiger partial charge in [0.25, 0.3) is 0 Å². The third kappa shape index (κ3) is 5.37. The van der Waals surface area contributed by atoms with Gasteiger partial charge in [0.15, 0.2) is 11.5 Å². The summed E-state index contributed by atoms with van der Waals surface area (Å²) in [5, 5.41) is 9.40. The average Bonchev–Trinajstić information content (AvgIpc) is 2.56. The molecule has 1 aromatic carbocycles. The van der Waals surface area contributed by atoms with E-state index in [-0.39, 0.29) is 6.61 Å². The van der Waals surface area contributed by atoms with Crippen molar-refractivity contribution < 1.29 is 14.6 Å². The number of likely N-dealkylation sites (N-methyl/N-ethyl adjacent to an activating group) is 1. The highest BCUT2D eigenvalue weighted by molar-refractivity contribution is 5.46. The second kappa shape index (κ2) is 9.11. The Morgan fingerprint density at radius 1 is 1.35 bits per heavy atom. The Balaban J connectivity index is 2.07. The third-order valence-corrected chi connectivity index (χ3v) is 4.32. The van der Waals surface area contributed by atoms with Crippen molar-refractivity contribution in [3.8, 4) is 11.5 Å². The molecule has 1 fully saturated rings. The maximum atomic E-state index is 9.40. The number of aliphatic hydroxyl groups excluding tert-OH is 1. The lowest BCUT2D eigenvalue weighted by Crippen LogP contribution is -2.36. The quantitative estimate of drug-likeness (QED) is 0.791. The summed E-state index contributed by atoms with van der Waals surface area (Å²) in [6, 6.07) is 6.07.